The molecule has 0 fully saturated rings. The first-order valence-corrected chi connectivity index (χ1v) is 8.65. The number of halogens is 4. The summed E-state index contributed by atoms with van der Waals surface area (Å²) in [5.74, 6) is -1.97. The number of anilines is 1. The van der Waals surface area contributed by atoms with Crippen LogP contribution in [0.4, 0.5) is 13.9 Å². The Labute approximate surface area is 160 Å². The highest BCUT2D eigenvalue weighted by molar-refractivity contribution is 7.10. The Balaban J connectivity index is 1.77. The van der Waals surface area contributed by atoms with Gasteiger partial charge in [-0.25, -0.2) is 17.5 Å². The van der Waals surface area contributed by atoms with E-state index in [0.717, 1.165) is 17.6 Å². The van der Waals surface area contributed by atoms with Gasteiger partial charge in [0.1, 0.15) is 11.6 Å². The van der Waals surface area contributed by atoms with Gasteiger partial charge in [-0.1, -0.05) is 29.3 Å². The summed E-state index contributed by atoms with van der Waals surface area (Å²) >= 11 is 12.1. The summed E-state index contributed by atoms with van der Waals surface area (Å²) < 4.78 is 28.1. The molecule has 1 amide bonds. The van der Waals surface area contributed by atoms with E-state index in [0.29, 0.717) is 5.56 Å². The van der Waals surface area contributed by atoms with Crippen LogP contribution in [0, 0.1) is 11.6 Å². The van der Waals surface area contributed by atoms with Crippen LogP contribution in [0.25, 0.3) is 0 Å². The molecule has 1 N–H and O–H groups in total. The number of nitrogens with zero attached hydrogens (tertiary/aromatic N) is 2. The quantitative estimate of drug-likeness (QED) is 0.694. The molecular weight excluding hydrogens is 407 g/mol. The second kappa shape index (κ2) is 7.53. The average molecular weight is 416 g/mol. The molecule has 0 radical (unpaired) electrons. The minimum atomic E-state index is -0.734. The summed E-state index contributed by atoms with van der Waals surface area (Å²) in [7, 11) is 0. The van der Waals surface area contributed by atoms with Gasteiger partial charge in [-0.05, 0) is 47.4 Å². The Morgan fingerprint density at radius 3 is 2.42 bits per heavy atom. The molecule has 5 nitrogen and oxygen atoms in total. The van der Waals surface area contributed by atoms with Crippen LogP contribution < -0.4 is 11.0 Å². The Morgan fingerprint density at radius 1 is 1.12 bits per heavy atom. The molecule has 1 aromatic heterocycles. The second-order valence-electron chi connectivity index (χ2n) is 5.16. The molecule has 1 heterocycles. The van der Waals surface area contributed by atoms with Crippen LogP contribution in [-0.4, -0.2) is 14.8 Å². The Morgan fingerprint density at radius 2 is 1.77 bits per heavy atom. The topological polar surface area (TPSA) is 64.0 Å². The molecule has 0 saturated heterocycles. The maximum Gasteiger partial charge on any atom is 0.360 e. The van der Waals surface area contributed by atoms with E-state index < -0.39 is 23.2 Å². The van der Waals surface area contributed by atoms with Crippen molar-refractivity contribution in [2.75, 3.05) is 5.32 Å². The number of amides is 1. The first-order chi connectivity index (χ1) is 12.3. The Bertz CT molecular complexity index is 1050. The van der Waals surface area contributed by atoms with Crippen molar-refractivity contribution in [2.24, 2.45) is 0 Å². The lowest BCUT2D eigenvalue weighted by Crippen LogP contribution is -2.16. The van der Waals surface area contributed by atoms with Crippen LogP contribution in [0.3, 0.4) is 0 Å². The standard InChI is InChI=1S/C16H9Cl2F2N3O2S/c17-10-3-1-8(5-12(10)19)7-23-16(25)22-15(26-23)21-14(24)9-2-4-11(18)13(20)6-9/h1-6H,7H2,(H,21,22,24,25). The lowest BCUT2D eigenvalue weighted by molar-refractivity contribution is 0.102. The molecule has 0 saturated carbocycles. The fourth-order valence-electron chi connectivity index (χ4n) is 2.07. The molecule has 134 valence electrons. The summed E-state index contributed by atoms with van der Waals surface area (Å²) in [5.41, 5.74) is -0.0703. The van der Waals surface area contributed by atoms with Gasteiger partial charge in [-0.15, -0.1) is 0 Å². The zero-order chi connectivity index (χ0) is 18.8. The van der Waals surface area contributed by atoms with Gasteiger partial charge in [0, 0.05) is 5.56 Å². The van der Waals surface area contributed by atoms with E-state index >= 15 is 0 Å². The van der Waals surface area contributed by atoms with Crippen molar-refractivity contribution in [2.45, 2.75) is 6.54 Å². The molecule has 0 aliphatic carbocycles. The highest BCUT2D eigenvalue weighted by atomic mass is 35.5. The third kappa shape index (κ3) is 4.09. The maximum atomic E-state index is 13.5. The van der Waals surface area contributed by atoms with Gasteiger partial charge in [-0.3, -0.25) is 10.1 Å². The molecule has 0 aliphatic rings. The van der Waals surface area contributed by atoms with Crippen molar-refractivity contribution in [1.82, 2.24) is 8.94 Å². The molecule has 3 aromatic rings. The summed E-state index contributed by atoms with van der Waals surface area (Å²) in [5, 5.41) is 2.32. The van der Waals surface area contributed by atoms with Crippen LogP contribution in [0.5, 0.6) is 0 Å². The van der Waals surface area contributed by atoms with Gasteiger partial charge < -0.3 is 0 Å². The SMILES string of the molecule is O=C(Nc1nc(=O)n(Cc2ccc(Cl)c(F)c2)s1)c1ccc(Cl)c(F)c1. The molecular formula is C16H9Cl2F2N3O2S. The van der Waals surface area contributed by atoms with E-state index in [1.165, 1.54) is 28.2 Å². The predicted molar refractivity (Wildman–Crippen MR) is 96.2 cm³/mol. The van der Waals surface area contributed by atoms with E-state index in [1.54, 1.807) is 6.07 Å². The monoisotopic (exact) mass is 415 g/mol. The third-order valence-electron chi connectivity index (χ3n) is 3.32. The van der Waals surface area contributed by atoms with Gasteiger partial charge in [-0.2, -0.15) is 4.98 Å². The fourth-order valence-corrected chi connectivity index (χ4v) is 3.10. The van der Waals surface area contributed by atoms with Crippen LogP contribution in [0.1, 0.15) is 15.9 Å². The van der Waals surface area contributed by atoms with Crippen molar-refractivity contribution in [1.29, 1.82) is 0 Å². The molecule has 3 rings (SSSR count). The molecule has 0 bridgehead atoms. The molecule has 0 unspecified atom stereocenters. The number of carbonyl (C=O) groups is 1. The first kappa shape index (κ1) is 18.5. The second-order valence-corrected chi connectivity index (χ2v) is 6.98. The summed E-state index contributed by atoms with van der Waals surface area (Å²) in [6, 6.07) is 7.75. The zero-order valence-corrected chi connectivity index (χ0v) is 15.1. The van der Waals surface area contributed by atoms with Gasteiger partial charge in [0.05, 0.1) is 16.6 Å². The van der Waals surface area contributed by atoms with Crippen molar-refractivity contribution in [3.8, 4) is 0 Å². The molecule has 10 heteroatoms. The molecule has 0 aliphatic heterocycles. The van der Waals surface area contributed by atoms with Crippen molar-refractivity contribution >= 4 is 45.8 Å². The number of carbonyl (C=O) groups excluding carboxylic acids is 1. The van der Waals surface area contributed by atoms with Crippen molar-refractivity contribution < 1.29 is 13.6 Å². The van der Waals surface area contributed by atoms with Crippen LogP contribution in [0.15, 0.2) is 41.2 Å². The molecule has 26 heavy (non-hydrogen) atoms. The van der Waals surface area contributed by atoms with Crippen LogP contribution in [0.2, 0.25) is 10.0 Å². The zero-order valence-electron chi connectivity index (χ0n) is 12.8. The van der Waals surface area contributed by atoms with Gasteiger partial charge in [0.15, 0.2) is 0 Å². The number of rotatable bonds is 4. The molecule has 0 atom stereocenters. The van der Waals surface area contributed by atoms with E-state index in [1.807, 2.05) is 0 Å². The molecule has 2 aromatic carbocycles. The lowest BCUT2D eigenvalue weighted by Gasteiger charge is -2.03. The fraction of sp³-hybridized carbons (Fsp3) is 0.0625. The number of hydrogen-bond donors (Lipinski definition) is 1. The normalized spacial score (nSPS) is 10.8. The number of aromatic nitrogens is 2. The number of nitrogens with one attached hydrogen (secondary N) is 1. The van der Waals surface area contributed by atoms with Crippen LogP contribution >= 0.6 is 34.7 Å². The van der Waals surface area contributed by atoms with E-state index in [2.05, 4.69) is 10.3 Å². The minimum absolute atomic E-state index is 0.0199. The van der Waals surface area contributed by atoms with E-state index in [4.69, 9.17) is 23.2 Å². The van der Waals surface area contributed by atoms with E-state index in [-0.39, 0.29) is 27.3 Å². The Hall–Kier alpha value is -2.29. The highest BCUT2D eigenvalue weighted by Crippen LogP contribution is 2.19. The minimum Gasteiger partial charge on any atom is -0.297 e. The number of hydrogen-bond acceptors (Lipinski definition) is 4. The summed E-state index contributed by atoms with van der Waals surface area (Å²) in [6.07, 6.45) is 0. The summed E-state index contributed by atoms with van der Waals surface area (Å²) in [4.78, 5) is 27.7. The largest absolute Gasteiger partial charge is 0.360 e. The molecule has 0 spiro atoms. The van der Waals surface area contributed by atoms with Crippen molar-refractivity contribution in [3.05, 3.63) is 79.7 Å². The summed E-state index contributed by atoms with van der Waals surface area (Å²) in [6.45, 7) is 0.0655. The van der Waals surface area contributed by atoms with Crippen molar-refractivity contribution in [3.63, 3.8) is 0 Å². The van der Waals surface area contributed by atoms with Gasteiger partial charge in [0.2, 0.25) is 5.13 Å². The lowest BCUT2D eigenvalue weighted by atomic mass is 10.2. The third-order valence-corrected chi connectivity index (χ3v) is 4.80. The van der Waals surface area contributed by atoms with Gasteiger partial charge >= 0.3 is 5.69 Å². The average Bonchev–Trinajstić information content (AvgIpc) is 2.92. The number of benzene rings is 2. The van der Waals surface area contributed by atoms with E-state index in [9.17, 15) is 18.4 Å². The Kier molecular flexibility index (Phi) is 5.36. The maximum absolute atomic E-state index is 13.5. The van der Waals surface area contributed by atoms with Gasteiger partial charge in [0.25, 0.3) is 5.91 Å². The van der Waals surface area contributed by atoms with Crippen LogP contribution in [-0.2, 0) is 6.54 Å². The first-order valence-electron chi connectivity index (χ1n) is 7.12. The highest BCUT2D eigenvalue weighted by Gasteiger charge is 2.13. The predicted octanol–water partition coefficient (Wildman–Crippen LogP) is 4.19. The smallest absolute Gasteiger partial charge is 0.297 e.